The summed E-state index contributed by atoms with van der Waals surface area (Å²) in [6.07, 6.45) is -0.134. The van der Waals surface area contributed by atoms with Crippen LogP contribution in [0.5, 0.6) is 0 Å². The van der Waals surface area contributed by atoms with Crippen LogP contribution in [-0.2, 0) is 23.0 Å². The van der Waals surface area contributed by atoms with Gasteiger partial charge in [0, 0.05) is 24.7 Å². The number of hydrogen-bond acceptors (Lipinski definition) is 3. The first-order chi connectivity index (χ1) is 15.5. The van der Waals surface area contributed by atoms with Crippen molar-refractivity contribution in [3.05, 3.63) is 100 Å². The van der Waals surface area contributed by atoms with E-state index in [1.165, 1.54) is 49.4 Å². The summed E-state index contributed by atoms with van der Waals surface area (Å²) in [5.41, 5.74) is 0.912. The number of hydrogen-bond donors (Lipinski definition) is 0. The van der Waals surface area contributed by atoms with Crippen molar-refractivity contribution in [2.45, 2.75) is 24.8 Å². The van der Waals surface area contributed by atoms with Crippen molar-refractivity contribution < 1.29 is 35.2 Å². The molecule has 0 fully saturated rings. The number of carbonyl (C=O) groups is 1. The summed E-state index contributed by atoms with van der Waals surface area (Å²) in [5, 5.41) is 0. The SMILES string of the molecule is CC(=O)c1ccc(CN(CCc2ccccc2F)S(=O)(=O)c2cc(F)c(F)c(F)c2F)cc1. The molecule has 0 radical (unpaired) electrons. The van der Waals surface area contributed by atoms with Crippen LogP contribution in [0.2, 0.25) is 0 Å². The minimum Gasteiger partial charge on any atom is -0.295 e. The summed E-state index contributed by atoms with van der Waals surface area (Å²) in [4.78, 5) is 10.1. The highest BCUT2D eigenvalue weighted by atomic mass is 32.2. The maximum Gasteiger partial charge on any atom is 0.246 e. The lowest BCUT2D eigenvalue weighted by Gasteiger charge is -2.23. The smallest absolute Gasteiger partial charge is 0.246 e. The molecule has 0 N–H and O–H groups in total. The predicted molar refractivity (Wildman–Crippen MR) is 110 cm³/mol. The average Bonchev–Trinajstić information content (AvgIpc) is 2.78. The third-order valence-corrected chi connectivity index (χ3v) is 6.84. The molecule has 3 aromatic carbocycles. The second kappa shape index (κ2) is 9.80. The van der Waals surface area contributed by atoms with E-state index in [2.05, 4.69) is 0 Å². The first-order valence-corrected chi connectivity index (χ1v) is 11.1. The molecule has 0 heterocycles. The Balaban J connectivity index is 2.01. The van der Waals surface area contributed by atoms with Gasteiger partial charge in [-0.25, -0.2) is 30.4 Å². The normalized spacial score (nSPS) is 11.7. The van der Waals surface area contributed by atoms with E-state index in [0.29, 0.717) is 15.4 Å². The molecule has 3 rings (SSSR count). The molecule has 0 atom stereocenters. The van der Waals surface area contributed by atoms with Gasteiger partial charge in [0.1, 0.15) is 10.7 Å². The summed E-state index contributed by atoms with van der Waals surface area (Å²) < 4.78 is 96.1. The summed E-state index contributed by atoms with van der Waals surface area (Å²) in [7, 11) is -4.88. The number of benzene rings is 3. The van der Waals surface area contributed by atoms with Gasteiger partial charge >= 0.3 is 0 Å². The monoisotopic (exact) mass is 483 g/mol. The molecule has 174 valence electrons. The fraction of sp³-hybridized carbons (Fsp3) is 0.174. The zero-order chi connectivity index (χ0) is 24.3. The fourth-order valence-corrected chi connectivity index (χ4v) is 4.65. The number of carbonyl (C=O) groups excluding carboxylic acids is 1. The molecule has 0 unspecified atom stereocenters. The minimum atomic E-state index is -4.88. The van der Waals surface area contributed by atoms with Crippen molar-refractivity contribution in [1.82, 2.24) is 4.31 Å². The topological polar surface area (TPSA) is 54.5 Å². The van der Waals surface area contributed by atoms with Crippen molar-refractivity contribution in [2.75, 3.05) is 6.54 Å². The van der Waals surface area contributed by atoms with E-state index in [1.54, 1.807) is 6.07 Å². The first kappa shape index (κ1) is 24.5. The Labute approximate surface area is 187 Å². The van der Waals surface area contributed by atoms with Gasteiger partial charge in [-0.1, -0.05) is 42.5 Å². The Hall–Kier alpha value is -3.11. The molecular formula is C23H18F5NO3S. The molecule has 0 bridgehead atoms. The van der Waals surface area contributed by atoms with Crippen LogP contribution in [-0.4, -0.2) is 25.1 Å². The third kappa shape index (κ3) is 5.28. The largest absolute Gasteiger partial charge is 0.295 e. The Kier molecular flexibility index (Phi) is 7.28. The van der Waals surface area contributed by atoms with Gasteiger partial charge in [-0.3, -0.25) is 4.79 Å². The van der Waals surface area contributed by atoms with Crippen molar-refractivity contribution in [3.63, 3.8) is 0 Å². The lowest BCUT2D eigenvalue weighted by molar-refractivity contribution is 0.101. The van der Waals surface area contributed by atoms with Crippen LogP contribution >= 0.6 is 0 Å². The molecule has 0 aliphatic carbocycles. The standard InChI is InChI=1S/C23H18F5NO3S/c1-14(30)16-8-6-15(7-9-16)13-29(11-10-17-4-2-3-5-18(17)24)33(31,32)20-12-19(25)21(26)23(28)22(20)27/h2-9,12H,10-11,13H2,1H3. The van der Waals surface area contributed by atoms with Gasteiger partial charge in [-0.05, 0) is 30.5 Å². The van der Waals surface area contributed by atoms with E-state index < -0.39 is 44.0 Å². The number of sulfonamides is 1. The van der Waals surface area contributed by atoms with E-state index in [-0.39, 0.29) is 36.9 Å². The number of rotatable bonds is 8. The van der Waals surface area contributed by atoms with Gasteiger partial charge in [0.15, 0.2) is 29.1 Å². The van der Waals surface area contributed by atoms with Crippen molar-refractivity contribution in [2.24, 2.45) is 0 Å². The molecule has 10 heteroatoms. The molecule has 0 spiro atoms. The Morgan fingerprint density at radius 2 is 1.48 bits per heavy atom. The number of nitrogens with zero attached hydrogens (tertiary/aromatic N) is 1. The summed E-state index contributed by atoms with van der Waals surface area (Å²) in [5.74, 6) is -9.13. The predicted octanol–water partition coefficient (Wildman–Crippen LogP) is 5.02. The fourth-order valence-electron chi connectivity index (χ4n) is 3.16. The van der Waals surface area contributed by atoms with Gasteiger partial charge in [-0.2, -0.15) is 4.31 Å². The lowest BCUT2D eigenvalue weighted by Crippen LogP contribution is -2.33. The lowest BCUT2D eigenvalue weighted by atomic mass is 10.1. The molecule has 0 saturated carbocycles. The van der Waals surface area contributed by atoms with Gasteiger partial charge in [0.2, 0.25) is 10.0 Å². The van der Waals surface area contributed by atoms with Crippen LogP contribution < -0.4 is 0 Å². The molecule has 4 nitrogen and oxygen atoms in total. The van der Waals surface area contributed by atoms with Crippen LogP contribution in [0, 0.1) is 29.1 Å². The van der Waals surface area contributed by atoms with Crippen LogP contribution in [0.25, 0.3) is 0 Å². The van der Waals surface area contributed by atoms with Crippen LogP contribution in [0.3, 0.4) is 0 Å². The highest BCUT2D eigenvalue weighted by Gasteiger charge is 2.32. The zero-order valence-electron chi connectivity index (χ0n) is 17.3. The Morgan fingerprint density at radius 1 is 0.848 bits per heavy atom. The van der Waals surface area contributed by atoms with Gasteiger partial charge < -0.3 is 0 Å². The number of ketones is 1. The molecule has 0 saturated heterocycles. The van der Waals surface area contributed by atoms with Crippen molar-refractivity contribution in [3.8, 4) is 0 Å². The Bertz CT molecular complexity index is 1290. The minimum absolute atomic E-state index is 0.0675. The average molecular weight is 483 g/mol. The third-order valence-electron chi connectivity index (χ3n) is 4.99. The van der Waals surface area contributed by atoms with E-state index >= 15 is 0 Å². The van der Waals surface area contributed by atoms with Crippen molar-refractivity contribution >= 4 is 15.8 Å². The van der Waals surface area contributed by atoms with Crippen LogP contribution in [0.4, 0.5) is 22.0 Å². The van der Waals surface area contributed by atoms with Crippen molar-refractivity contribution in [1.29, 1.82) is 0 Å². The maximum atomic E-state index is 14.3. The molecule has 0 aliphatic heterocycles. The summed E-state index contributed by atoms with van der Waals surface area (Å²) in [6, 6.07) is 11.5. The summed E-state index contributed by atoms with van der Waals surface area (Å²) in [6.45, 7) is 0.591. The zero-order valence-corrected chi connectivity index (χ0v) is 18.1. The van der Waals surface area contributed by atoms with Crippen LogP contribution in [0.15, 0.2) is 59.5 Å². The van der Waals surface area contributed by atoms with Gasteiger partial charge in [0.05, 0.1) is 0 Å². The van der Waals surface area contributed by atoms with Crippen LogP contribution in [0.1, 0.15) is 28.4 Å². The molecule has 0 aromatic heterocycles. The molecule has 3 aromatic rings. The molecule has 0 aliphatic rings. The maximum absolute atomic E-state index is 14.3. The molecular weight excluding hydrogens is 465 g/mol. The van der Waals surface area contributed by atoms with E-state index in [4.69, 9.17) is 0 Å². The Morgan fingerprint density at radius 3 is 2.09 bits per heavy atom. The number of Topliss-reactive ketones (excluding diaryl/α,β-unsaturated/α-hetero) is 1. The molecule has 33 heavy (non-hydrogen) atoms. The van der Waals surface area contributed by atoms with E-state index in [1.807, 2.05) is 0 Å². The number of halogens is 5. The molecule has 0 amide bonds. The van der Waals surface area contributed by atoms with E-state index in [9.17, 15) is 35.2 Å². The highest BCUT2D eigenvalue weighted by Crippen LogP contribution is 2.27. The second-order valence-corrected chi connectivity index (χ2v) is 9.14. The highest BCUT2D eigenvalue weighted by molar-refractivity contribution is 7.89. The van der Waals surface area contributed by atoms with Gasteiger partial charge in [-0.15, -0.1) is 0 Å². The quantitative estimate of drug-likeness (QED) is 0.196. The van der Waals surface area contributed by atoms with E-state index in [0.717, 1.165) is 0 Å². The first-order valence-electron chi connectivity index (χ1n) is 9.68. The van der Waals surface area contributed by atoms with Gasteiger partial charge in [0.25, 0.3) is 0 Å². The second-order valence-electron chi connectivity index (χ2n) is 7.23. The summed E-state index contributed by atoms with van der Waals surface area (Å²) >= 11 is 0.